The van der Waals surface area contributed by atoms with Crippen LogP contribution >= 0.6 is 0 Å². The molecule has 0 aliphatic carbocycles. The molecule has 1 aliphatic heterocycles. The van der Waals surface area contributed by atoms with Crippen LogP contribution in [0.5, 0.6) is 11.5 Å². The average Bonchev–Trinajstić information content (AvgIpc) is 2.78. The van der Waals surface area contributed by atoms with E-state index in [2.05, 4.69) is 15.6 Å². The zero-order valence-corrected chi connectivity index (χ0v) is 18.4. The summed E-state index contributed by atoms with van der Waals surface area (Å²) in [6, 6.07) is 11.1. The van der Waals surface area contributed by atoms with Gasteiger partial charge in [0.15, 0.2) is 23.5 Å². The van der Waals surface area contributed by atoms with Crippen molar-refractivity contribution in [2.75, 3.05) is 6.61 Å². The molecule has 2 N–H and O–H groups in total. The van der Waals surface area contributed by atoms with Gasteiger partial charge in [-0.1, -0.05) is 30.3 Å². The zero-order valence-electron chi connectivity index (χ0n) is 18.4. The highest BCUT2D eigenvalue weighted by Gasteiger charge is 2.34. The minimum Gasteiger partial charge on any atom is -0.490 e. The molecule has 33 heavy (non-hydrogen) atoms. The Morgan fingerprint density at radius 3 is 2.58 bits per heavy atom. The maximum Gasteiger partial charge on any atom is 0.279 e. The lowest BCUT2D eigenvalue weighted by Crippen LogP contribution is -2.38. The summed E-state index contributed by atoms with van der Waals surface area (Å²) in [7, 11) is 0. The Morgan fingerprint density at radius 1 is 1.27 bits per heavy atom. The van der Waals surface area contributed by atoms with Crippen molar-refractivity contribution in [2.45, 2.75) is 33.4 Å². The lowest BCUT2D eigenvalue weighted by Gasteiger charge is -2.25. The molecule has 0 radical (unpaired) electrons. The van der Waals surface area contributed by atoms with Crippen molar-refractivity contribution in [3.63, 3.8) is 0 Å². The molecule has 1 atom stereocenters. The van der Waals surface area contributed by atoms with Crippen LogP contribution in [0.25, 0.3) is 0 Å². The molecule has 0 bridgehead atoms. The number of rotatable bonds is 8. The Labute approximate surface area is 190 Å². The number of Topliss-reactive ketones (excluding diaryl/α,β-unsaturated/α-hetero) is 1. The molecule has 10 nitrogen and oxygen atoms in total. The minimum atomic E-state index is -1.01. The van der Waals surface area contributed by atoms with Gasteiger partial charge in [0, 0.05) is 11.3 Å². The van der Waals surface area contributed by atoms with E-state index in [4.69, 9.17) is 14.7 Å². The number of carbonyl (C=O) groups is 1. The van der Waals surface area contributed by atoms with Crippen LogP contribution in [-0.4, -0.2) is 23.3 Å². The van der Waals surface area contributed by atoms with E-state index in [-0.39, 0.29) is 46.7 Å². The zero-order chi connectivity index (χ0) is 24.0. The molecule has 0 aromatic heterocycles. The maximum atomic E-state index is 12.4. The van der Waals surface area contributed by atoms with E-state index in [1.807, 2.05) is 30.3 Å². The number of nitrogens with one attached hydrogen (secondary N) is 2. The SMILES string of the molecule is CCOc1cc([C@H]2N=C(NC#N)NC(C)=C2C(C)=O)c([N+](=O)[O-])cc1OCc1ccccc1. The standard InChI is InChI=1S/C23H23N5O5/c1-4-32-19-10-17(22-21(15(3)29)14(2)26-23(27-22)25-13-24)18(28(30)31)11-20(19)33-12-16-8-6-5-7-9-16/h5-11,22H,4,12H2,1-3H3,(H2,25,26,27)/t22-/m1/s1. The van der Waals surface area contributed by atoms with E-state index >= 15 is 0 Å². The second-order valence-electron chi connectivity index (χ2n) is 7.16. The molecule has 3 rings (SSSR count). The topological polar surface area (TPSA) is 139 Å². The van der Waals surface area contributed by atoms with Crippen LogP contribution in [0.2, 0.25) is 0 Å². The minimum absolute atomic E-state index is 0.0849. The number of benzene rings is 2. The number of ketones is 1. The van der Waals surface area contributed by atoms with E-state index < -0.39 is 11.0 Å². The summed E-state index contributed by atoms with van der Waals surface area (Å²) in [6.07, 6.45) is 1.76. The third-order valence-electron chi connectivity index (χ3n) is 4.92. The van der Waals surface area contributed by atoms with Crippen molar-refractivity contribution in [3.8, 4) is 17.7 Å². The Hall–Kier alpha value is -4.39. The quantitative estimate of drug-likeness (QED) is 0.270. The first-order chi connectivity index (χ1) is 15.8. The first kappa shape index (κ1) is 23.3. The lowest BCUT2D eigenvalue weighted by molar-refractivity contribution is -0.385. The molecule has 0 saturated carbocycles. The second kappa shape index (κ2) is 10.3. The highest BCUT2D eigenvalue weighted by Crippen LogP contribution is 2.42. The average molecular weight is 449 g/mol. The largest absolute Gasteiger partial charge is 0.490 e. The van der Waals surface area contributed by atoms with Gasteiger partial charge in [0.25, 0.3) is 5.69 Å². The number of hydrogen-bond acceptors (Lipinski definition) is 9. The fourth-order valence-electron chi connectivity index (χ4n) is 3.53. The highest BCUT2D eigenvalue weighted by atomic mass is 16.6. The predicted octanol–water partition coefficient (Wildman–Crippen LogP) is 3.51. The number of nitro groups is 1. The smallest absolute Gasteiger partial charge is 0.279 e. The van der Waals surface area contributed by atoms with Crippen LogP contribution in [0.3, 0.4) is 0 Å². The van der Waals surface area contributed by atoms with E-state index in [9.17, 15) is 14.9 Å². The number of carbonyl (C=O) groups excluding carboxylic acids is 1. The second-order valence-corrected chi connectivity index (χ2v) is 7.16. The fourth-order valence-corrected chi connectivity index (χ4v) is 3.53. The molecular weight excluding hydrogens is 426 g/mol. The van der Waals surface area contributed by atoms with Gasteiger partial charge in [0.2, 0.25) is 5.96 Å². The Balaban J connectivity index is 2.12. The molecule has 10 heteroatoms. The third kappa shape index (κ3) is 5.27. The van der Waals surface area contributed by atoms with Gasteiger partial charge in [-0.2, -0.15) is 5.26 Å². The number of nitro benzene ring substituents is 1. The molecule has 0 saturated heterocycles. The highest BCUT2D eigenvalue weighted by molar-refractivity contribution is 5.99. The van der Waals surface area contributed by atoms with Gasteiger partial charge in [-0.25, -0.2) is 4.99 Å². The van der Waals surface area contributed by atoms with Crippen molar-refractivity contribution >= 4 is 17.4 Å². The van der Waals surface area contributed by atoms with Crippen LogP contribution in [0.1, 0.15) is 37.9 Å². The lowest BCUT2D eigenvalue weighted by atomic mass is 9.92. The van der Waals surface area contributed by atoms with Gasteiger partial charge in [-0.15, -0.1) is 0 Å². The molecule has 2 aromatic rings. The summed E-state index contributed by atoms with van der Waals surface area (Å²) >= 11 is 0. The molecule has 0 spiro atoms. The van der Waals surface area contributed by atoms with Crippen LogP contribution in [0.4, 0.5) is 5.69 Å². The normalized spacial score (nSPS) is 15.1. The summed E-state index contributed by atoms with van der Waals surface area (Å²) in [4.78, 5) is 28.2. The molecular formula is C23H23N5O5. The fraction of sp³-hybridized carbons (Fsp3) is 0.261. The van der Waals surface area contributed by atoms with Gasteiger partial charge in [-0.05, 0) is 32.4 Å². The van der Waals surface area contributed by atoms with Crippen LogP contribution in [0.15, 0.2) is 58.7 Å². The maximum absolute atomic E-state index is 12.4. The Kier molecular flexibility index (Phi) is 7.25. The number of nitriles is 1. The summed E-state index contributed by atoms with van der Waals surface area (Å²) in [5.74, 6) is 0.274. The molecule has 1 aliphatic rings. The van der Waals surface area contributed by atoms with E-state index in [0.717, 1.165) is 5.56 Å². The summed E-state index contributed by atoms with van der Waals surface area (Å²) in [5.41, 5.74) is 1.46. The van der Waals surface area contributed by atoms with Crippen molar-refractivity contribution in [1.29, 1.82) is 5.26 Å². The van der Waals surface area contributed by atoms with Crippen LogP contribution in [-0.2, 0) is 11.4 Å². The molecule has 0 amide bonds. The van der Waals surface area contributed by atoms with Gasteiger partial charge in [0.1, 0.15) is 12.6 Å². The summed E-state index contributed by atoms with van der Waals surface area (Å²) < 4.78 is 11.6. The van der Waals surface area contributed by atoms with E-state index in [1.54, 1.807) is 20.0 Å². The summed E-state index contributed by atoms with van der Waals surface area (Å²) in [6.45, 7) is 5.27. The molecule has 170 valence electrons. The molecule has 2 aromatic carbocycles. The van der Waals surface area contributed by atoms with Gasteiger partial charge < -0.3 is 14.8 Å². The summed E-state index contributed by atoms with van der Waals surface area (Å²) in [5, 5.41) is 26.2. The Morgan fingerprint density at radius 2 is 1.97 bits per heavy atom. The van der Waals surface area contributed by atoms with Crippen molar-refractivity contribution in [3.05, 3.63) is 75.0 Å². The number of ether oxygens (including phenoxy) is 2. The Bertz CT molecular complexity index is 1170. The van der Waals surface area contributed by atoms with Crippen molar-refractivity contribution in [2.24, 2.45) is 4.99 Å². The van der Waals surface area contributed by atoms with Crippen molar-refractivity contribution in [1.82, 2.24) is 10.6 Å². The number of allylic oxidation sites excluding steroid dienone is 1. The molecule has 0 unspecified atom stereocenters. The molecule has 1 heterocycles. The van der Waals surface area contributed by atoms with Gasteiger partial charge in [-0.3, -0.25) is 20.2 Å². The predicted molar refractivity (Wildman–Crippen MR) is 120 cm³/mol. The monoisotopic (exact) mass is 449 g/mol. The van der Waals surface area contributed by atoms with Crippen LogP contribution in [0, 0.1) is 21.6 Å². The number of hydrogen-bond donors (Lipinski definition) is 2. The van der Waals surface area contributed by atoms with E-state index in [0.29, 0.717) is 12.3 Å². The van der Waals surface area contributed by atoms with Crippen molar-refractivity contribution < 1.29 is 19.2 Å². The third-order valence-corrected chi connectivity index (χ3v) is 4.92. The van der Waals surface area contributed by atoms with Gasteiger partial charge in [0.05, 0.1) is 23.2 Å². The number of nitrogens with zero attached hydrogens (tertiary/aromatic N) is 3. The first-order valence-electron chi connectivity index (χ1n) is 10.2. The molecule has 0 fully saturated rings. The number of guanidine groups is 1. The van der Waals surface area contributed by atoms with Crippen LogP contribution < -0.4 is 20.1 Å². The number of aliphatic imine (C=N–C) groups is 1. The van der Waals surface area contributed by atoms with Gasteiger partial charge >= 0.3 is 0 Å². The van der Waals surface area contributed by atoms with E-state index in [1.165, 1.54) is 19.1 Å². The first-order valence-corrected chi connectivity index (χ1v) is 10.2.